The number of aromatic amines is 1. The summed E-state index contributed by atoms with van der Waals surface area (Å²) in [5, 5.41) is 0. The average molecular weight is 249 g/mol. The first-order valence-electron chi connectivity index (χ1n) is 6.34. The second-order valence-electron chi connectivity index (χ2n) is 4.67. The molecule has 98 valence electrons. The molecule has 1 atom stereocenters. The van der Waals surface area contributed by atoms with Crippen LogP contribution in [0.15, 0.2) is 23.1 Å². The summed E-state index contributed by atoms with van der Waals surface area (Å²) in [6.07, 6.45) is 1.52. The number of nitrogens with one attached hydrogen (secondary N) is 1. The first kappa shape index (κ1) is 12.8. The van der Waals surface area contributed by atoms with Gasteiger partial charge >= 0.3 is 0 Å². The van der Waals surface area contributed by atoms with Gasteiger partial charge in [-0.1, -0.05) is 6.92 Å². The number of likely N-dealkylation sites (N-methyl/N-ethyl adjacent to an activating group) is 1. The second-order valence-corrected chi connectivity index (χ2v) is 4.67. The molecule has 1 amide bonds. The maximum Gasteiger partial charge on any atom is 0.254 e. The van der Waals surface area contributed by atoms with Gasteiger partial charge in [0.1, 0.15) is 0 Å². The topological polar surface area (TPSA) is 56.4 Å². The highest BCUT2D eigenvalue weighted by Crippen LogP contribution is 2.11. The lowest BCUT2D eigenvalue weighted by molar-refractivity contribution is 0.0528. The summed E-state index contributed by atoms with van der Waals surface area (Å²) in [6.45, 7) is 7.61. The van der Waals surface area contributed by atoms with E-state index >= 15 is 0 Å². The van der Waals surface area contributed by atoms with Gasteiger partial charge in [0, 0.05) is 43.5 Å². The number of carbonyl (C=O) groups is 1. The smallest absolute Gasteiger partial charge is 0.254 e. The minimum absolute atomic E-state index is 0.0521. The van der Waals surface area contributed by atoms with Crippen molar-refractivity contribution in [1.82, 2.24) is 14.8 Å². The molecule has 0 bridgehead atoms. The molecule has 0 saturated carbocycles. The number of hydrogen-bond acceptors (Lipinski definition) is 3. The molecule has 1 fully saturated rings. The third-order valence-electron chi connectivity index (χ3n) is 3.48. The molecule has 2 rings (SSSR count). The summed E-state index contributed by atoms with van der Waals surface area (Å²) in [5.41, 5.74) is 0.233. The Morgan fingerprint density at radius 1 is 1.50 bits per heavy atom. The summed E-state index contributed by atoms with van der Waals surface area (Å²) in [7, 11) is 0. The predicted octanol–water partition coefficient (Wildman–Crippen LogP) is 0.541. The van der Waals surface area contributed by atoms with Crippen LogP contribution in [0.1, 0.15) is 24.2 Å². The third kappa shape index (κ3) is 2.61. The van der Waals surface area contributed by atoms with Gasteiger partial charge in [0.15, 0.2) is 0 Å². The van der Waals surface area contributed by atoms with Crippen LogP contribution in [0.3, 0.4) is 0 Å². The van der Waals surface area contributed by atoms with Crippen molar-refractivity contribution in [3.05, 3.63) is 34.2 Å². The number of aromatic nitrogens is 1. The molecule has 0 radical (unpaired) electrons. The Labute approximate surface area is 106 Å². The van der Waals surface area contributed by atoms with Crippen molar-refractivity contribution in [3.8, 4) is 0 Å². The van der Waals surface area contributed by atoms with E-state index < -0.39 is 0 Å². The van der Waals surface area contributed by atoms with Crippen LogP contribution in [0, 0.1) is 0 Å². The van der Waals surface area contributed by atoms with Crippen molar-refractivity contribution in [2.24, 2.45) is 0 Å². The van der Waals surface area contributed by atoms with Crippen LogP contribution in [-0.2, 0) is 0 Å². The fraction of sp³-hybridized carbons (Fsp3) is 0.538. The molecule has 1 unspecified atom stereocenters. The highest BCUT2D eigenvalue weighted by molar-refractivity contribution is 5.94. The Hall–Kier alpha value is -1.62. The maximum absolute atomic E-state index is 12.2. The zero-order chi connectivity index (χ0) is 13.1. The molecule has 18 heavy (non-hydrogen) atoms. The third-order valence-corrected chi connectivity index (χ3v) is 3.48. The first-order chi connectivity index (χ1) is 8.61. The van der Waals surface area contributed by atoms with Crippen LogP contribution >= 0.6 is 0 Å². The van der Waals surface area contributed by atoms with E-state index in [1.54, 1.807) is 6.07 Å². The van der Waals surface area contributed by atoms with Crippen molar-refractivity contribution >= 4 is 5.91 Å². The fourth-order valence-electron chi connectivity index (χ4n) is 2.41. The average Bonchev–Trinajstić information content (AvgIpc) is 2.37. The molecule has 1 N–H and O–H groups in total. The molecule has 1 aromatic heterocycles. The summed E-state index contributed by atoms with van der Waals surface area (Å²) in [4.78, 5) is 30.1. The van der Waals surface area contributed by atoms with Crippen LogP contribution in [0.2, 0.25) is 0 Å². The number of amides is 1. The summed E-state index contributed by atoms with van der Waals surface area (Å²) < 4.78 is 0. The molecule has 1 saturated heterocycles. The van der Waals surface area contributed by atoms with Gasteiger partial charge in [-0.25, -0.2) is 0 Å². The number of carbonyl (C=O) groups excluding carboxylic acids is 1. The summed E-state index contributed by atoms with van der Waals surface area (Å²) in [5.74, 6) is -0.0521. The van der Waals surface area contributed by atoms with Crippen LogP contribution in [0.4, 0.5) is 0 Å². The van der Waals surface area contributed by atoms with Gasteiger partial charge in [-0.2, -0.15) is 0 Å². The Bertz CT molecular complexity index is 483. The molecule has 1 aliphatic rings. The lowest BCUT2D eigenvalue weighted by Gasteiger charge is -2.39. The van der Waals surface area contributed by atoms with Crippen molar-refractivity contribution < 1.29 is 4.79 Å². The van der Waals surface area contributed by atoms with E-state index in [0.717, 1.165) is 26.2 Å². The molecule has 2 heterocycles. The van der Waals surface area contributed by atoms with Gasteiger partial charge in [0.05, 0.1) is 0 Å². The molecular weight excluding hydrogens is 230 g/mol. The van der Waals surface area contributed by atoms with Crippen molar-refractivity contribution in [3.63, 3.8) is 0 Å². The van der Waals surface area contributed by atoms with Gasteiger partial charge in [0.25, 0.3) is 5.91 Å². The summed E-state index contributed by atoms with van der Waals surface area (Å²) >= 11 is 0. The van der Waals surface area contributed by atoms with Crippen molar-refractivity contribution in [2.75, 3.05) is 26.2 Å². The van der Waals surface area contributed by atoms with E-state index in [9.17, 15) is 9.59 Å². The number of rotatable bonds is 2. The van der Waals surface area contributed by atoms with Gasteiger partial charge in [-0.3, -0.25) is 14.5 Å². The quantitative estimate of drug-likeness (QED) is 0.832. The normalized spacial score (nSPS) is 21.0. The Morgan fingerprint density at radius 2 is 2.28 bits per heavy atom. The Kier molecular flexibility index (Phi) is 3.81. The SMILES string of the molecule is CCN1CCN(C(=O)c2cc[nH]c(=O)c2)CC1C. The lowest BCUT2D eigenvalue weighted by Crippen LogP contribution is -2.53. The number of piperazine rings is 1. The van der Waals surface area contributed by atoms with Gasteiger partial charge < -0.3 is 9.88 Å². The second kappa shape index (κ2) is 5.35. The number of nitrogens with zero attached hydrogens (tertiary/aromatic N) is 2. The van der Waals surface area contributed by atoms with E-state index in [1.807, 2.05) is 4.90 Å². The Morgan fingerprint density at radius 3 is 2.89 bits per heavy atom. The fourth-order valence-corrected chi connectivity index (χ4v) is 2.41. The maximum atomic E-state index is 12.2. The number of H-pyrrole nitrogens is 1. The molecule has 5 nitrogen and oxygen atoms in total. The highest BCUT2D eigenvalue weighted by atomic mass is 16.2. The van der Waals surface area contributed by atoms with Crippen LogP contribution < -0.4 is 5.56 Å². The van der Waals surface area contributed by atoms with E-state index in [1.165, 1.54) is 12.3 Å². The number of hydrogen-bond donors (Lipinski definition) is 1. The van der Waals surface area contributed by atoms with E-state index in [4.69, 9.17) is 0 Å². The van der Waals surface area contributed by atoms with E-state index in [0.29, 0.717) is 11.6 Å². The van der Waals surface area contributed by atoms with Crippen molar-refractivity contribution in [2.45, 2.75) is 19.9 Å². The molecule has 1 aliphatic heterocycles. The minimum atomic E-state index is -0.235. The largest absolute Gasteiger partial charge is 0.336 e. The molecule has 5 heteroatoms. The van der Waals surface area contributed by atoms with Crippen LogP contribution in [0.25, 0.3) is 0 Å². The lowest BCUT2D eigenvalue weighted by atomic mass is 10.1. The molecule has 0 aromatic carbocycles. The van der Waals surface area contributed by atoms with Gasteiger partial charge in [0.2, 0.25) is 5.56 Å². The zero-order valence-corrected chi connectivity index (χ0v) is 10.8. The van der Waals surface area contributed by atoms with E-state index in [-0.39, 0.29) is 11.5 Å². The first-order valence-corrected chi connectivity index (χ1v) is 6.34. The highest BCUT2D eigenvalue weighted by Gasteiger charge is 2.26. The van der Waals surface area contributed by atoms with Gasteiger partial charge in [-0.15, -0.1) is 0 Å². The Balaban J connectivity index is 2.09. The monoisotopic (exact) mass is 249 g/mol. The minimum Gasteiger partial charge on any atom is -0.336 e. The zero-order valence-electron chi connectivity index (χ0n) is 10.8. The standard InChI is InChI=1S/C13H19N3O2/c1-3-15-6-7-16(9-10(15)2)13(18)11-4-5-14-12(17)8-11/h4-5,8,10H,3,6-7,9H2,1-2H3,(H,14,17). The molecule has 1 aromatic rings. The van der Waals surface area contributed by atoms with E-state index in [2.05, 4.69) is 23.7 Å². The molecule has 0 aliphatic carbocycles. The number of pyridine rings is 1. The van der Waals surface area contributed by atoms with Crippen molar-refractivity contribution in [1.29, 1.82) is 0 Å². The summed E-state index contributed by atoms with van der Waals surface area (Å²) in [6, 6.07) is 3.38. The molecular formula is C13H19N3O2. The van der Waals surface area contributed by atoms with Gasteiger partial charge in [-0.05, 0) is 19.5 Å². The predicted molar refractivity (Wildman–Crippen MR) is 69.7 cm³/mol. The van der Waals surface area contributed by atoms with Crippen LogP contribution in [-0.4, -0.2) is 52.9 Å². The molecule has 0 spiro atoms. The van der Waals surface area contributed by atoms with Crippen LogP contribution in [0.5, 0.6) is 0 Å².